The highest BCUT2D eigenvalue weighted by Crippen LogP contribution is 2.36. The number of carbonyl (C=O) groups excluding carboxylic acids is 1. The van der Waals surface area contributed by atoms with Crippen LogP contribution in [0.25, 0.3) is 0 Å². The van der Waals surface area contributed by atoms with Crippen LogP contribution in [0.4, 0.5) is 14.6 Å². The molecular weight excluding hydrogens is 380 g/mol. The Kier molecular flexibility index (Phi) is 5.31. The summed E-state index contributed by atoms with van der Waals surface area (Å²) in [5.74, 6) is 1.40. The average Bonchev–Trinajstić information content (AvgIpc) is 3.32. The van der Waals surface area contributed by atoms with Crippen LogP contribution >= 0.6 is 0 Å². The number of nitrogens with one attached hydrogen (secondary N) is 1. The number of fused-ring (bicyclic) bond motifs is 1. The van der Waals surface area contributed by atoms with Crippen LogP contribution in [0.15, 0.2) is 16.7 Å². The van der Waals surface area contributed by atoms with Crippen LogP contribution in [0.3, 0.4) is 0 Å². The predicted octanol–water partition coefficient (Wildman–Crippen LogP) is 3.85. The molecule has 2 aromatic rings. The first-order valence-corrected chi connectivity index (χ1v) is 10.2. The monoisotopic (exact) mass is 407 g/mol. The number of alkyl halides is 2. The molecule has 0 bridgehead atoms. The Morgan fingerprint density at radius 1 is 1.34 bits per heavy atom. The van der Waals surface area contributed by atoms with Gasteiger partial charge in [-0.2, -0.15) is 5.10 Å². The quantitative estimate of drug-likeness (QED) is 0.833. The first-order valence-electron chi connectivity index (χ1n) is 10.2. The molecule has 1 amide bonds. The van der Waals surface area contributed by atoms with E-state index in [0.29, 0.717) is 42.5 Å². The molecule has 0 saturated carbocycles. The van der Waals surface area contributed by atoms with E-state index in [-0.39, 0.29) is 23.8 Å². The van der Waals surface area contributed by atoms with Gasteiger partial charge in [0.25, 0.3) is 12.3 Å². The zero-order valence-corrected chi connectivity index (χ0v) is 16.9. The van der Waals surface area contributed by atoms with Gasteiger partial charge in [-0.25, -0.2) is 13.5 Å². The maximum atomic E-state index is 13.7. The molecule has 0 aliphatic carbocycles. The zero-order valence-electron chi connectivity index (χ0n) is 16.9. The molecule has 0 unspecified atom stereocenters. The first kappa shape index (κ1) is 19.8. The Balaban J connectivity index is 1.48. The molecule has 7 nitrogen and oxygen atoms in total. The van der Waals surface area contributed by atoms with Gasteiger partial charge in [0.15, 0.2) is 5.69 Å². The fourth-order valence-corrected chi connectivity index (χ4v) is 4.35. The van der Waals surface area contributed by atoms with Gasteiger partial charge in [0.1, 0.15) is 17.6 Å². The van der Waals surface area contributed by atoms with Crippen LogP contribution in [0.1, 0.15) is 67.0 Å². The minimum atomic E-state index is -2.48. The average molecular weight is 407 g/mol. The molecule has 1 N–H and O–H groups in total. The standard InChI is InChI=1S/C20H27F2N5O2/c1-11(2)17-9-15(25-29-17)20(28)26-6-4-5-13(10-26)14-8-16(19(21)22)27-18(23-14)7-12(3)24-27/h7,9,11,13-14,16,19,23H,4-6,8,10H2,1-3H3/t13-,14+,16-/m1/s1. The van der Waals surface area contributed by atoms with Crippen molar-refractivity contribution in [2.24, 2.45) is 5.92 Å². The van der Waals surface area contributed by atoms with Gasteiger partial charge < -0.3 is 14.7 Å². The van der Waals surface area contributed by atoms with E-state index in [1.807, 2.05) is 13.8 Å². The number of hydrogen-bond donors (Lipinski definition) is 1. The summed E-state index contributed by atoms with van der Waals surface area (Å²) in [4.78, 5) is 14.7. The summed E-state index contributed by atoms with van der Waals surface area (Å²) in [6.07, 6.45) is -0.467. The number of nitrogens with zero attached hydrogens (tertiary/aromatic N) is 4. The van der Waals surface area contributed by atoms with Crippen LogP contribution in [-0.2, 0) is 0 Å². The molecule has 4 heterocycles. The van der Waals surface area contributed by atoms with E-state index in [0.717, 1.165) is 12.8 Å². The van der Waals surface area contributed by atoms with Crippen molar-refractivity contribution >= 4 is 11.7 Å². The number of aromatic nitrogens is 3. The highest BCUT2D eigenvalue weighted by atomic mass is 19.3. The summed E-state index contributed by atoms with van der Waals surface area (Å²) in [5, 5.41) is 11.5. The van der Waals surface area contributed by atoms with E-state index < -0.39 is 12.5 Å². The van der Waals surface area contributed by atoms with Crippen molar-refractivity contribution < 1.29 is 18.1 Å². The Hall–Kier alpha value is -2.45. The van der Waals surface area contributed by atoms with E-state index >= 15 is 0 Å². The van der Waals surface area contributed by atoms with Crippen LogP contribution in [0, 0.1) is 12.8 Å². The fraction of sp³-hybridized carbons (Fsp3) is 0.650. The lowest BCUT2D eigenvalue weighted by molar-refractivity contribution is 0.0501. The second-order valence-corrected chi connectivity index (χ2v) is 8.43. The van der Waals surface area contributed by atoms with Crippen LogP contribution in [-0.4, -0.2) is 51.3 Å². The van der Waals surface area contributed by atoms with Crippen molar-refractivity contribution in [1.82, 2.24) is 19.8 Å². The molecule has 158 valence electrons. The van der Waals surface area contributed by atoms with Crippen molar-refractivity contribution in [1.29, 1.82) is 0 Å². The lowest BCUT2D eigenvalue weighted by Crippen LogP contribution is -2.48. The SMILES string of the molecule is Cc1cc2n(n1)[C@@H](C(F)F)C[C@@H]([C@@H]1CCCN(C(=O)c3cc(C(C)C)on3)C1)N2. The summed E-state index contributed by atoms with van der Waals surface area (Å²) in [6, 6.07) is 2.43. The van der Waals surface area contributed by atoms with Gasteiger partial charge in [-0.05, 0) is 32.1 Å². The van der Waals surface area contributed by atoms with Crippen LogP contribution < -0.4 is 5.32 Å². The number of likely N-dealkylation sites (tertiary alicyclic amines) is 1. The van der Waals surface area contributed by atoms with Gasteiger partial charge >= 0.3 is 0 Å². The molecule has 2 aliphatic rings. The summed E-state index contributed by atoms with van der Waals surface area (Å²) in [7, 11) is 0. The largest absolute Gasteiger partial charge is 0.367 e. The smallest absolute Gasteiger partial charge is 0.276 e. The number of aryl methyl sites for hydroxylation is 1. The highest BCUT2D eigenvalue weighted by molar-refractivity contribution is 5.92. The molecule has 3 atom stereocenters. The van der Waals surface area contributed by atoms with Crippen LogP contribution in [0.5, 0.6) is 0 Å². The number of carbonyl (C=O) groups is 1. The number of halogens is 2. The minimum absolute atomic E-state index is 0.0920. The Labute approximate surface area is 168 Å². The first-order chi connectivity index (χ1) is 13.8. The van der Waals surface area contributed by atoms with Gasteiger partial charge in [-0.3, -0.25) is 4.79 Å². The predicted molar refractivity (Wildman–Crippen MR) is 103 cm³/mol. The molecule has 2 aromatic heterocycles. The third-order valence-electron chi connectivity index (χ3n) is 5.92. The summed E-state index contributed by atoms with van der Waals surface area (Å²) in [5.41, 5.74) is 1.02. The summed E-state index contributed by atoms with van der Waals surface area (Å²) < 4.78 is 34.0. The Morgan fingerprint density at radius 2 is 2.14 bits per heavy atom. The molecule has 2 aliphatic heterocycles. The molecule has 0 radical (unpaired) electrons. The van der Waals surface area contributed by atoms with Gasteiger partial charge in [0, 0.05) is 37.2 Å². The molecule has 4 rings (SSSR count). The van der Waals surface area contributed by atoms with Gasteiger partial charge in [-0.1, -0.05) is 19.0 Å². The van der Waals surface area contributed by atoms with E-state index in [4.69, 9.17) is 4.52 Å². The van der Waals surface area contributed by atoms with Crippen molar-refractivity contribution in [3.8, 4) is 0 Å². The van der Waals surface area contributed by atoms with Gasteiger partial charge in [0.05, 0.1) is 5.69 Å². The number of rotatable bonds is 4. The third-order valence-corrected chi connectivity index (χ3v) is 5.92. The molecule has 29 heavy (non-hydrogen) atoms. The highest BCUT2D eigenvalue weighted by Gasteiger charge is 2.39. The number of hydrogen-bond acceptors (Lipinski definition) is 5. The van der Waals surface area contributed by atoms with Gasteiger partial charge in [-0.15, -0.1) is 0 Å². The maximum Gasteiger partial charge on any atom is 0.276 e. The second kappa shape index (κ2) is 7.76. The summed E-state index contributed by atoms with van der Waals surface area (Å²) in [6.45, 7) is 6.91. The van der Waals surface area contributed by atoms with E-state index in [1.54, 1.807) is 24.0 Å². The molecule has 0 spiro atoms. The van der Waals surface area contributed by atoms with E-state index in [1.165, 1.54) is 4.68 Å². The fourth-order valence-electron chi connectivity index (χ4n) is 4.35. The number of amides is 1. The van der Waals surface area contributed by atoms with Gasteiger partial charge in [0.2, 0.25) is 0 Å². The molecular formula is C20H27F2N5O2. The summed E-state index contributed by atoms with van der Waals surface area (Å²) >= 11 is 0. The zero-order chi connectivity index (χ0) is 20.7. The minimum Gasteiger partial charge on any atom is -0.367 e. The van der Waals surface area contributed by atoms with Crippen molar-refractivity contribution in [3.63, 3.8) is 0 Å². The van der Waals surface area contributed by atoms with E-state index in [9.17, 15) is 13.6 Å². The Morgan fingerprint density at radius 3 is 2.83 bits per heavy atom. The number of anilines is 1. The lowest BCUT2D eigenvalue weighted by Gasteiger charge is -2.41. The second-order valence-electron chi connectivity index (χ2n) is 8.43. The van der Waals surface area contributed by atoms with E-state index in [2.05, 4.69) is 15.6 Å². The molecule has 1 fully saturated rings. The molecule has 1 saturated heterocycles. The Bertz CT molecular complexity index is 878. The lowest BCUT2D eigenvalue weighted by atomic mass is 9.86. The molecule has 9 heteroatoms. The molecule has 0 aromatic carbocycles. The van der Waals surface area contributed by atoms with Crippen LogP contribution in [0.2, 0.25) is 0 Å². The normalized spacial score (nSPS) is 24.7. The topological polar surface area (TPSA) is 76.2 Å². The van der Waals surface area contributed by atoms with Crippen molar-refractivity contribution in [3.05, 3.63) is 29.3 Å². The van der Waals surface area contributed by atoms with Crippen molar-refractivity contribution in [2.75, 3.05) is 18.4 Å². The third kappa shape index (κ3) is 3.86. The number of piperidine rings is 1. The van der Waals surface area contributed by atoms with Crippen molar-refractivity contribution in [2.45, 2.75) is 64.5 Å². The maximum absolute atomic E-state index is 13.7.